The molecule has 0 spiro atoms. The first-order chi connectivity index (χ1) is 7.44. The molecule has 0 N–H and O–H groups in total. The second-order valence-electron chi connectivity index (χ2n) is 4.76. The number of nitrogens with zero attached hydrogens (tertiary/aromatic N) is 2. The lowest BCUT2D eigenvalue weighted by atomic mass is 10.2. The Morgan fingerprint density at radius 1 is 1.38 bits per heavy atom. The first-order valence-corrected chi connectivity index (χ1v) is 5.77. The molecule has 1 aliphatic heterocycles. The van der Waals surface area contributed by atoms with Crippen LogP contribution in [0.15, 0.2) is 0 Å². The summed E-state index contributed by atoms with van der Waals surface area (Å²) in [5, 5.41) is 3.63. The lowest BCUT2D eigenvalue weighted by Crippen LogP contribution is -2.52. The van der Waals surface area contributed by atoms with Gasteiger partial charge in [-0.2, -0.15) is 0 Å². The molecule has 1 amide bonds. The molecule has 0 aromatic carbocycles. The Morgan fingerprint density at radius 3 is 2.38 bits per heavy atom. The Bertz CT molecular complexity index is 232. The van der Waals surface area contributed by atoms with Gasteiger partial charge in [0, 0.05) is 19.6 Å². The van der Waals surface area contributed by atoms with Gasteiger partial charge in [0.05, 0.1) is 13.2 Å². The van der Waals surface area contributed by atoms with E-state index < -0.39 is 5.60 Å². The van der Waals surface area contributed by atoms with Gasteiger partial charge >= 0.3 is 6.09 Å². The Labute approximate surface area is 97.3 Å². The van der Waals surface area contributed by atoms with Crippen LogP contribution in [0.5, 0.6) is 0 Å². The molecule has 0 saturated carbocycles. The SMILES string of the molecule is CCN(C(=O)OC(C)(C)C)N1CCOCC1. The van der Waals surface area contributed by atoms with E-state index in [1.165, 1.54) is 0 Å². The summed E-state index contributed by atoms with van der Waals surface area (Å²) in [6, 6.07) is 0. The molecule has 0 bridgehead atoms. The third kappa shape index (κ3) is 3.98. The van der Waals surface area contributed by atoms with Gasteiger partial charge in [-0.3, -0.25) is 0 Å². The second-order valence-corrected chi connectivity index (χ2v) is 4.76. The van der Waals surface area contributed by atoms with E-state index in [0.29, 0.717) is 19.8 Å². The largest absolute Gasteiger partial charge is 0.443 e. The molecule has 1 fully saturated rings. The van der Waals surface area contributed by atoms with Crippen LogP contribution in [0, 0.1) is 0 Å². The van der Waals surface area contributed by atoms with Crippen molar-refractivity contribution in [3.05, 3.63) is 0 Å². The van der Waals surface area contributed by atoms with E-state index >= 15 is 0 Å². The lowest BCUT2D eigenvalue weighted by molar-refractivity contribution is -0.0898. The van der Waals surface area contributed by atoms with Crippen molar-refractivity contribution in [3.8, 4) is 0 Å². The van der Waals surface area contributed by atoms with Crippen molar-refractivity contribution in [1.29, 1.82) is 0 Å². The van der Waals surface area contributed by atoms with Crippen molar-refractivity contribution < 1.29 is 14.3 Å². The van der Waals surface area contributed by atoms with Crippen LogP contribution in [0.3, 0.4) is 0 Å². The fraction of sp³-hybridized carbons (Fsp3) is 0.909. The molecule has 0 radical (unpaired) electrons. The average Bonchev–Trinajstić information content (AvgIpc) is 2.17. The highest BCUT2D eigenvalue weighted by Gasteiger charge is 2.26. The number of hydrogen-bond acceptors (Lipinski definition) is 4. The van der Waals surface area contributed by atoms with Crippen molar-refractivity contribution in [2.45, 2.75) is 33.3 Å². The van der Waals surface area contributed by atoms with E-state index in [1.807, 2.05) is 32.7 Å². The average molecular weight is 230 g/mol. The molecule has 5 heteroatoms. The number of ether oxygens (including phenoxy) is 2. The minimum atomic E-state index is -0.448. The Balaban J connectivity index is 2.55. The number of morpholine rings is 1. The summed E-state index contributed by atoms with van der Waals surface area (Å²) in [5.74, 6) is 0. The number of hydrogen-bond donors (Lipinski definition) is 0. The Kier molecular flexibility index (Phi) is 4.56. The quantitative estimate of drug-likeness (QED) is 0.721. The molecule has 1 rings (SSSR count). The van der Waals surface area contributed by atoms with Crippen LogP contribution in [0.25, 0.3) is 0 Å². The third-order valence-electron chi connectivity index (χ3n) is 2.23. The molecule has 0 aliphatic carbocycles. The van der Waals surface area contributed by atoms with E-state index in [9.17, 15) is 4.79 Å². The van der Waals surface area contributed by atoms with E-state index in [4.69, 9.17) is 9.47 Å². The molecule has 16 heavy (non-hydrogen) atoms. The fourth-order valence-electron chi connectivity index (χ4n) is 1.55. The smallest absolute Gasteiger partial charge is 0.424 e. The maximum absolute atomic E-state index is 11.9. The first kappa shape index (κ1) is 13.3. The van der Waals surface area contributed by atoms with Gasteiger partial charge in [-0.1, -0.05) is 0 Å². The first-order valence-electron chi connectivity index (χ1n) is 5.77. The minimum Gasteiger partial charge on any atom is -0.443 e. The van der Waals surface area contributed by atoms with Gasteiger partial charge in [0.25, 0.3) is 0 Å². The van der Waals surface area contributed by atoms with E-state index in [2.05, 4.69) is 0 Å². The summed E-state index contributed by atoms with van der Waals surface area (Å²) in [5.41, 5.74) is -0.448. The molecule has 94 valence electrons. The zero-order valence-electron chi connectivity index (χ0n) is 10.7. The van der Waals surface area contributed by atoms with Crippen LogP contribution in [-0.2, 0) is 9.47 Å². The number of carbonyl (C=O) groups is 1. The predicted molar refractivity (Wildman–Crippen MR) is 61.0 cm³/mol. The minimum absolute atomic E-state index is 0.281. The second kappa shape index (κ2) is 5.50. The topological polar surface area (TPSA) is 42.0 Å². The zero-order valence-corrected chi connectivity index (χ0v) is 10.7. The van der Waals surface area contributed by atoms with Gasteiger partial charge in [-0.05, 0) is 27.7 Å². The van der Waals surface area contributed by atoms with Crippen molar-refractivity contribution in [1.82, 2.24) is 10.0 Å². The summed E-state index contributed by atoms with van der Waals surface area (Å²) in [6.07, 6.45) is -0.281. The molecular formula is C11H22N2O3. The van der Waals surface area contributed by atoms with Gasteiger partial charge < -0.3 is 9.47 Å². The van der Waals surface area contributed by atoms with Gasteiger partial charge in [0.2, 0.25) is 0 Å². The lowest BCUT2D eigenvalue weighted by Gasteiger charge is -2.37. The van der Waals surface area contributed by atoms with Crippen molar-refractivity contribution in [2.24, 2.45) is 0 Å². The standard InChI is InChI=1S/C11H22N2O3/c1-5-13(10(14)16-11(2,3)4)12-6-8-15-9-7-12/h5-9H2,1-4H3. The molecule has 0 aromatic heterocycles. The van der Waals surface area contributed by atoms with Crippen molar-refractivity contribution in [3.63, 3.8) is 0 Å². The number of rotatable bonds is 2. The van der Waals surface area contributed by atoms with E-state index in [0.717, 1.165) is 13.1 Å². The van der Waals surface area contributed by atoms with Gasteiger partial charge in [-0.25, -0.2) is 14.8 Å². The molecule has 1 heterocycles. The predicted octanol–water partition coefficient (Wildman–Crippen LogP) is 1.49. The summed E-state index contributed by atoms with van der Waals surface area (Å²) in [7, 11) is 0. The highest BCUT2D eigenvalue weighted by atomic mass is 16.6. The van der Waals surface area contributed by atoms with Crippen LogP contribution in [0.1, 0.15) is 27.7 Å². The molecule has 0 unspecified atom stereocenters. The van der Waals surface area contributed by atoms with Crippen LogP contribution in [0.4, 0.5) is 4.79 Å². The monoisotopic (exact) mass is 230 g/mol. The molecular weight excluding hydrogens is 208 g/mol. The van der Waals surface area contributed by atoms with Crippen LogP contribution >= 0.6 is 0 Å². The number of hydrazine groups is 1. The van der Waals surface area contributed by atoms with Gasteiger partial charge in [0.15, 0.2) is 0 Å². The summed E-state index contributed by atoms with van der Waals surface area (Å²) in [4.78, 5) is 11.9. The van der Waals surface area contributed by atoms with Crippen LogP contribution < -0.4 is 0 Å². The number of carbonyl (C=O) groups excluding carboxylic acids is 1. The maximum Gasteiger partial charge on any atom is 0.424 e. The Morgan fingerprint density at radius 2 is 1.94 bits per heavy atom. The summed E-state index contributed by atoms with van der Waals surface area (Å²) in [6.45, 7) is 11.0. The molecule has 1 saturated heterocycles. The molecule has 1 aliphatic rings. The zero-order chi connectivity index (χ0) is 12.2. The van der Waals surface area contributed by atoms with E-state index in [1.54, 1.807) is 5.01 Å². The highest BCUT2D eigenvalue weighted by molar-refractivity contribution is 5.67. The van der Waals surface area contributed by atoms with Crippen LogP contribution in [-0.4, -0.2) is 54.6 Å². The molecule has 0 atom stereocenters. The maximum atomic E-state index is 11.9. The molecule has 5 nitrogen and oxygen atoms in total. The highest BCUT2D eigenvalue weighted by Crippen LogP contribution is 2.12. The summed E-state index contributed by atoms with van der Waals surface area (Å²) >= 11 is 0. The third-order valence-corrected chi connectivity index (χ3v) is 2.23. The Hall–Kier alpha value is -0.810. The van der Waals surface area contributed by atoms with Crippen LogP contribution in [0.2, 0.25) is 0 Å². The summed E-state index contributed by atoms with van der Waals surface area (Å²) < 4.78 is 10.6. The van der Waals surface area contributed by atoms with Crippen molar-refractivity contribution in [2.75, 3.05) is 32.8 Å². The van der Waals surface area contributed by atoms with Gasteiger partial charge in [0.1, 0.15) is 5.60 Å². The van der Waals surface area contributed by atoms with E-state index in [-0.39, 0.29) is 6.09 Å². The van der Waals surface area contributed by atoms with Gasteiger partial charge in [-0.15, -0.1) is 0 Å². The fourth-order valence-corrected chi connectivity index (χ4v) is 1.55. The number of amides is 1. The molecule has 0 aromatic rings. The normalized spacial score (nSPS) is 18.2. The van der Waals surface area contributed by atoms with Crippen molar-refractivity contribution >= 4 is 6.09 Å².